The number of aryl methyl sites for hydroxylation is 1. The number of para-hydroxylation sites is 1. The van der Waals surface area contributed by atoms with Crippen molar-refractivity contribution in [2.45, 2.75) is 26.8 Å². The lowest BCUT2D eigenvalue weighted by Gasteiger charge is -2.11. The van der Waals surface area contributed by atoms with E-state index in [0.717, 1.165) is 45.5 Å². The van der Waals surface area contributed by atoms with Gasteiger partial charge < -0.3 is 5.32 Å². The van der Waals surface area contributed by atoms with E-state index in [-0.39, 0.29) is 5.91 Å². The van der Waals surface area contributed by atoms with Crippen LogP contribution in [0.2, 0.25) is 0 Å². The highest BCUT2D eigenvalue weighted by Crippen LogP contribution is 2.28. The molecule has 2 heterocycles. The van der Waals surface area contributed by atoms with Crippen molar-refractivity contribution >= 4 is 16.8 Å². The molecule has 0 aliphatic heterocycles. The highest BCUT2D eigenvalue weighted by Gasteiger charge is 2.17. The summed E-state index contributed by atoms with van der Waals surface area (Å²) in [5.74, 6) is -0.121. The number of nitrogens with zero attached hydrogens (tertiary/aromatic N) is 3. The van der Waals surface area contributed by atoms with Crippen molar-refractivity contribution < 1.29 is 4.79 Å². The number of amides is 1. The highest BCUT2D eigenvalue weighted by atomic mass is 16.1. The van der Waals surface area contributed by atoms with Gasteiger partial charge in [0.05, 0.1) is 34.4 Å². The number of carbonyl (C=O) groups excluding carboxylic acids is 1. The van der Waals surface area contributed by atoms with E-state index in [1.54, 1.807) is 0 Å². The van der Waals surface area contributed by atoms with Gasteiger partial charge in [0.2, 0.25) is 0 Å². The fourth-order valence-corrected chi connectivity index (χ4v) is 4.17. The summed E-state index contributed by atoms with van der Waals surface area (Å²) in [5, 5.41) is 8.51. The summed E-state index contributed by atoms with van der Waals surface area (Å²) in [6.07, 6.45) is 2.82. The van der Waals surface area contributed by atoms with Crippen LogP contribution in [-0.2, 0) is 13.0 Å². The molecular formula is C29H26N4O. The molecule has 0 saturated heterocycles. The molecule has 0 aliphatic rings. The van der Waals surface area contributed by atoms with Gasteiger partial charge in [-0.25, -0.2) is 9.67 Å². The standard InChI is InChI=1S/C29H26N4O/c1-3-21-13-15-23(16-14-21)33-20(2)26(19-31-33)28-17-25(24-11-7-8-12-27(24)32-28)29(34)30-18-22-9-5-4-6-10-22/h4-17,19H,3,18H2,1-2H3,(H,30,34). The van der Waals surface area contributed by atoms with Crippen LogP contribution in [0, 0.1) is 6.92 Å². The molecule has 0 unspecified atom stereocenters. The van der Waals surface area contributed by atoms with E-state index in [4.69, 9.17) is 4.98 Å². The number of pyridine rings is 1. The minimum atomic E-state index is -0.121. The van der Waals surface area contributed by atoms with Crippen molar-refractivity contribution in [3.63, 3.8) is 0 Å². The van der Waals surface area contributed by atoms with Crippen molar-refractivity contribution in [2.24, 2.45) is 0 Å². The summed E-state index contributed by atoms with van der Waals surface area (Å²) in [6, 6.07) is 27.9. The fraction of sp³-hybridized carbons (Fsp3) is 0.138. The van der Waals surface area contributed by atoms with Gasteiger partial charge in [-0.15, -0.1) is 0 Å². The third-order valence-corrected chi connectivity index (χ3v) is 6.13. The third kappa shape index (κ3) is 4.20. The van der Waals surface area contributed by atoms with Crippen LogP contribution >= 0.6 is 0 Å². The third-order valence-electron chi connectivity index (χ3n) is 6.13. The first-order valence-corrected chi connectivity index (χ1v) is 11.5. The zero-order valence-corrected chi connectivity index (χ0v) is 19.3. The summed E-state index contributed by atoms with van der Waals surface area (Å²) in [4.78, 5) is 18.1. The molecular weight excluding hydrogens is 420 g/mol. The van der Waals surface area contributed by atoms with Gasteiger partial charge in [0.15, 0.2) is 0 Å². The van der Waals surface area contributed by atoms with Crippen molar-refractivity contribution in [1.82, 2.24) is 20.1 Å². The number of benzene rings is 3. The molecule has 0 bridgehead atoms. The van der Waals surface area contributed by atoms with E-state index in [1.807, 2.05) is 78.5 Å². The molecule has 5 aromatic rings. The average Bonchev–Trinajstić information content (AvgIpc) is 3.28. The number of rotatable bonds is 6. The lowest BCUT2D eigenvalue weighted by atomic mass is 10.0. The summed E-state index contributed by atoms with van der Waals surface area (Å²) in [7, 11) is 0. The van der Waals surface area contributed by atoms with Gasteiger partial charge >= 0.3 is 0 Å². The SMILES string of the molecule is CCc1ccc(-n2ncc(-c3cc(C(=O)NCc4ccccc4)c4ccccc4n3)c2C)cc1. The lowest BCUT2D eigenvalue weighted by molar-refractivity contribution is 0.0952. The molecule has 0 radical (unpaired) electrons. The van der Waals surface area contributed by atoms with Gasteiger partial charge in [0.1, 0.15) is 0 Å². The van der Waals surface area contributed by atoms with Crippen LogP contribution in [0.1, 0.15) is 34.1 Å². The zero-order chi connectivity index (χ0) is 23.5. The van der Waals surface area contributed by atoms with Crippen molar-refractivity contribution in [3.8, 4) is 16.9 Å². The molecule has 0 aliphatic carbocycles. The Morgan fingerprint density at radius 3 is 2.41 bits per heavy atom. The predicted molar refractivity (Wildman–Crippen MR) is 136 cm³/mol. The van der Waals surface area contributed by atoms with Crippen LogP contribution in [-0.4, -0.2) is 20.7 Å². The Labute approximate surface area is 199 Å². The molecule has 5 nitrogen and oxygen atoms in total. The van der Waals surface area contributed by atoms with Crippen molar-refractivity contribution in [1.29, 1.82) is 0 Å². The molecule has 5 heteroatoms. The first kappa shape index (κ1) is 21.6. The molecule has 34 heavy (non-hydrogen) atoms. The molecule has 0 saturated carbocycles. The fourth-order valence-electron chi connectivity index (χ4n) is 4.17. The second-order valence-electron chi connectivity index (χ2n) is 8.32. The highest BCUT2D eigenvalue weighted by molar-refractivity contribution is 6.07. The molecule has 0 spiro atoms. The van der Waals surface area contributed by atoms with E-state index < -0.39 is 0 Å². The second kappa shape index (κ2) is 9.32. The number of hydrogen-bond donors (Lipinski definition) is 1. The molecule has 2 aromatic heterocycles. The van der Waals surface area contributed by atoms with Crippen LogP contribution in [0.25, 0.3) is 27.8 Å². The summed E-state index contributed by atoms with van der Waals surface area (Å²) in [5.41, 5.74) is 7.35. The Kier molecular flexibility index (Phi) is 5.91. The quantitative estimate of drug-likeness (QED) is 0.354. The lowest BCUT2D eigenvalue weighted by Crippen LogP contribution is -2.23. The number of carbonyl (C=O) groups is 1. The van der Waals surface area contributed by atoms with Crippen LogP contribution in [0.4, 0.5) is 0 Å². The first-order chi connectivity index (χ1) is 16.6. The molecule has 1 N–H and O–H groups in total. The van der Waals surface area contributed by atoms with Crippen LogP contribution in [0.3, 0.4) is 0 Å². The smallest absolute Gasteiger partial charge is 0.252 e. The molecule has 3 aromatic carbocycles. The van der Waals surface area contributed by atoms with E-state index in [2.05, 4.69) is 41.6 Å². The van der Waals surface area contributed by atoms with Gasteiger partial charge in [-0.3, -0.25) is 4.79 Å². The van der Waals surface area contributed by atoms with E-state index in [0.29, 0.717) is 12.1 Å². The Morgan fingerprint density at radius 1 is 0.912 bits per heavy atom. The van der Waals surface area contributed by atoms with Gasteiger partial charge in [-0.1, -0.05) is 67.6 Å². The number of nitrogens with one attached hydrogen (secondary N) is 1. The second-order valence-corrected chi connectivity index (χ2v) is 8.32. The Bertz CT molecular complexity index is 1450. The number of hydrogen-bond acceptors (Lipinski definition) is 3. The van der Waals surface area contributed by atoms with E-state index >= 15 is 0 Å². The van der Waals surface area contributed by atoms with Gasteiger partial charge in [-0.2, -0.15) is 5.10 Å². The molecule has 168 valence electrons. The Morgan fingerprint density at radius 2 is 1.65 bits per heavy atom. The first-order valence-electron chi connectivity index (χ1n) is 11.5. The summed E-state index contributed by atoms with van der Waals surface area (Å²) in [6.45, 7) is 4.64. The topological polar surface area (TPSA) is 59.8 Å². The minimum Gasteiger partial charge on any atom is -0.348 e. The number of aromatic nitrogens is 3. The number of fused-ring (bicyclic) bond motifs is 1. The summed E-state index contributed by atoms with van der Waals surface area (Å²) < 4.78 is 1.92. The van der Waals surface area contributed by atoms with Crippen molar-refractivity contribution in [3.05, 3.63) is 114 Å². The van der Waals surface area contributed by atoms with Crippen LogP contribution in [0.5, 0.6) is 0 Å². The van der Waals surface area contributed by atoms with Crippen LogP contribution < -0.4 is 5.32 Å². The monoisotopic (exact) mass is 446 g/mol. The van der Waals surface area contributed by atoms with Crippen LogP contribution in [0.15, 0.2) is 91.1 Å². The predicted octanol–water partition coefficient (Wildman–Crippen LogP) is 5.89. The van der Waals surface area contributed by atoms with E-state index in [1.165, 1.54) is 5.56 Å². The largest absolute Gasteiger partial charge is 0.348 e. The van der Waals surface area contributed by atoms with Crippen molar-refractivity contribution in [2.75, 3.05) is 0 Å². The Balaban J connectivity index is 1.52. The van der Waals surface area contributed by atoms with Gasteiger partial charge in [0, 0.05) is 17.5 Å². The normalized spacial score (nSPS) is 11.0. The maximum atomic E-state index is 13.2. The molecule has 5 rings (SSSR count). The summed E-state index contributed by atoms with van der Waals surface area (Å²) >= 11 is 0. The average molecular weight is 447 g/mol. The van der Waals surface area contributed by atoms with Gasteiger partial charge in [0.25, 0.3) is 5.91 Å². The van der Waals surface area contributed by atoms with Gasteiger partial charge in [-0.05, 0) is 48.7 Å². The van der Waals surface area contributed by atoms with E-state index in [9.17, 15) is 4.79 Å². The molecule has 1 amide bonds. The molecule has 0 fully saturated rings. The Hall–Kier alpha value is -4.25. The maximum absolute atomic E-state index is 13.2. The minimum absolute atomic E-state index is 0.121. The molecule has 0 atom stereocenters. The zero-order valence-electron chi connectivity index (χ0n) is 19.3. The maximum Gasteiger partial charge on any atom is 0.252 e.